The molecule has 0 aromatic heterocycles. The molecule has 2 aromatic carbocycles. The number of rotatable bonds is 9. The van der Waals surface area contributed by atoms with Crippen LogP contribution in [0.5, 0.6) is 5.75 Å². The Hall–Kier alpha value is -2.86. The molecule has 1 heterocycles. The molecule has 0 aliphatic carbocycles. The number of benzene rings is 2. The third-order valence-corrected chi connectivity index (χ3v) is 5.38. The summed E-state index contributed by atoms with van der Waals surface area (Å²) >= 11 is 0. The molecule has 6 nitrogen and oxygen atoms in total. The smallest absolute Gasteiger partial charge is 0.251 e. The number of hydrogen-bond donors (Lipinski definition) is 2. The molecule has 160 valence electrons. The number of amides is 2. The third-order valence-electron chi connectivity index (χ3n) is 5.38. The van der Waals surface area contributed by atoms with Crippen LogP contribution in [0.25, 0.3) is 0 Å². The number of ether oxygens (including phenoxy) is 2. The first-order valence-electron chi connectivity index (χ1n) is 10.6. The van der Waals surface area contributed by atoms with Crippen LogP contribution in [0.15, 0.2) is 54.6 Å². The Morgan fingerprint density at radius 2 is 1.97 bits per heavy atom. The van der Waals surface area contributed by atoms with Crippen LogP contribution in [0.4, 0.5) is 5.69 Å². The zero-order chi connectivity index (χ0) is 21.3. The Labute approximate surface area is 178 Å². The summed E-state index contributed by atoms with van der Waals surface area (Å²) in [7, 11) is 0. The molecule has 3 unspecified atom stereocenters. The molecule has 3 atom stereocenters. The van der Waals surface area contributed by atoms with E-state index in [1.54, 1.807) is 30.3 Å². The Bertz CT molecular complexity index is 834. The fourth-order valence-corrected chi connectivity index (χ4v) is 3.36. The van der Waals surface area contributed by atoms with Gasteiger partial charge in [0.15, 0.2) is 0 Å². The van der Waals surface area contributed by atoms with E-state index in [4.69, 9.17) is 9.47 Å². The molecular weight excluding hydrogens is 380 g/mol. The van der Waals surface area contributed by atoms with E-state index in [9.17, 15) is 9.59 Å². The van der Waals surface area contributed by atoms with Gasteiger partial charge < -0.3 is 20.1 Å². The summed E-state index contributed by atoms with van der Waals surface area (Å²) in [5.41, 5.74) is 1.16. The molecule has 1 aliphatic heterocycles. The highest BCUT2D eigenvalue weighted by molar-refractivity contribution is 6.01. The van der Waals surface area contributed by atoms with Gasteiger partial charge in [-0.2, -0.15) is 0 Å². The van der Waals surface area contributed by atoms with Gasteiger partial charge in [-0.3, -0.25) is 9.59 Å². The van der Waals surface area contributed by atoms with Gasteiger partial charge in [0, 0.05) is 23.9 Å². The van der Waals surface area contributed by atoms with Crippen molar-refractivity contribution in [3.63, 3.8) is 0 Å². The van der Waals surface area contributed by atoms with E-state index in [0.29, 0.717) is 23.6 Å². The van der Waals surface area contributed by atoms with E-state index in [2.05, 4.69) is 10.6 Å². The van der Waals surface area contributed by atoms with Crippen molar-refractivity contribution in [2.24, 2.45) is 5.92 Å². The number of anilines is 1. The molecule has 0 bridgehead atoms. The van der Waals surface area contributed by atoms with Crippen LogP contribution in [0.2, 0.25) is 0 Å². The van der Waals surface area contributed by atoms with E-state index in [1.165, 1.54) is 0 Å². The minimum atomic E-state index is -0.640. The number of carbonyl (C=O) groups is 2. The summed E-state index contributed by atoms with van der Waals surface area (Å²) in [6.07, 6.45) is 2.97. The van der Waals surface area contributed by atoms with Gasteiger partial charge in [0.05, 0.1) is 6.10 Å². The minimum Gasteiger partial charge on any atom is -0.491 e. The van der Waals surface area contributed by atoms with Crippen LogP contribution in [0, 0.1) is 5.92 Å². The maximum atomic E-state index is 13.0. The molecule has 0 saturated carbocycles. The maximum absolute atomic E-state index is 13.0. The fourth-order valence-electron chi connectivity index (χ4n) is 3.36. The standard InChI is InChI=1S/C24H30N2O4/c1-3-17(2)22(26-23(27)18-9-5-4-6-10-18)24(28)25-19-11-7-12-20(15-19)30-16-21-13-8-14-29-21/h4-7,9-12,15,17,21-22H,3,8,13-14,16H2,1-2H3,(H,25,28)(H,26,27). The van der Waals surface area contributed by atoms with Gasteiger partial charge in [0.2, 0.25) is 5.91 Å². The van der Waals surface area contributed by atoms with E-state index in [0.717, 1.165) is 25.9 Å². The topological polar surface area (TPSA) is 76.7 Å². The Morgan fingerprint density at radius 3 is 2.67 bits per heavy atom. The predicted octanol–water partition coefficient (Wildman–Crippen LogP) is 4.03. The summed E-state index contributed by atoms with van der Waals surface area (Å²) in [4.78, 5) is 25.5. The molecule has 30 heavy (non-hydrogen) atoms. The van der Waals surface area contributed by atoms with Gasteiger partial charge in [-0.25, -0.2) is 0 Å². The summed E-state index contributed by atoms with van der Waals surface area (Å²) < 4.78 is 11.4. The Kier molecular flexibility index (Phi) is 7.85. The molecule has 2 aromatic rings. The highest BCUT2D eigenvalue weighted by Gasteiger charge is 2.26. The molecule has 2 amide bonds. The molecule has 1 fully saturated rings. The van der Waals surface area contributed by atoms with E-state index in [-0.39, 0.29) is 23.8 Å². The zero-order valence-electron chi connectivity index (χ0n) is 17.6. The van der Waals surface area contributed by atoms with Crippen LogP contribution >= 0.6 is 0 Å². The van der Waals surface area contributed by atoms with Crippen molar-refractivity contribution in [2.75, 3.05) is 18.5 Å². The van der Waals surface area contributed by atoms with Crippen molar-refractivity contribution in [2.45, 2.75) is 45.3 Å². The molecule has 6 heteroatoms. The first-order chi connectivity index (χ1) is 14.6. The summed E-state index contributed by atoms with van der Waals surface area (Å²) in [5, 5.41) is 5.80. The summed E-state index contributed by atoms with van der Waals surface area (Å²) in [6, 6.07) is 15.6. The average molecular weight is 411 g/mol. The lowest BCUT2D eigenvalue weighted by Crippen LogP contribution is -2.47. The van der Waals surface area contributed by atoms with Gasteiger partial charge in [-0.05, 0) is 43.0 Å². The molecular formula is C24H30N2O4. The van der Waals surface area contributed by atoms with Gasteiger partial charge >= 0.3 is 0 Å². The highest BCUT2D eigenvalue weighted by atomic mass is 16.5. The Balaban J connectivity index is 1.63. The van der Waals surface area contributed by atoms with Crippen LogP contribution in [-0.2, 0) is 9.53 Å². The van der Waals surface area contributed by atoms with E-state index in [1.807, 2.05) is 38.1 Å². The third kappa shape index (κ3) is 6.07. The molecule has 2 N–H and O–H groups in total. The summed E-state index contributed by atoms with van der Waals surface area (Å²) in [5.74, 6) is 0.155. The van der Waals surface area contributed by atoms with Crippen LogP contribution < -0.4 is 15.4 Å². The second-order valence-corrected chi connectivity index (χ2v) is 7.67. The van der Waals surface area contributed by atoms with Crippen molar-refractivity contribution in [1.29, 1.82) is 0 Å². The Morgan fingerprint density at radius 1 is 1.17 bits per heavy atom. The normalized spacial score (nSPS) is 17.7. The van der Waals surface area contributed by atoms with Crippen molar-refractivity contribution in [3.05, 3.63) is 60.2 Å². The number of hydrogen-bond acceptors (Lipinski definition) is 4. The number of nitrogens with one attached hydrogen (secondary N) is 2. The first-order valence-corrected chi connectivity index (χ1v) is 10.6. The lowest BCUT2D eigenvalue weighted by atomic mass is 9.97. The average Bonchev–Trinajstić information content (AvgIpc) is 3.30. The second-order valence-electron chi connectivity index (χ2n) is 7.67. The SMILES string of the molecule is CCC(C)C(NC(=O)c1ccccc1)C(=O)Nc1cccc(OCC2CCCO2)c1. The van der Waals surface area contributed by atoms with E-state index >= 15 is 0 Å². The van der Waals surface area contributed by atoms with Gasteiger partial charge in [-0.1, -0.05) is 44.5 Å². The number of carbonyl (C=O) groups excluding carboxylic acids is 2. The second kappa shape index (κ2) is 10.8. The first kappa shape index (κ1) is 21.8. The summed E-state index contributed by atoms with van der Waals surface area (Å²) in [6.45, 7) is 5.24. The molecule has 1 saturated heterocycles. The van der Waals surface area contributed by atoms with Crippen molar-refractivity contribution in [3.8, 4) is 5.75 Å². The van der Waals surface area contributed by atoms with Crippen LogP contribution in [-0.4, -0.2) is 37.2 Å². The minimum absolute atomic E-state index is 0.0170. The zero-order valence-corrected chi connectivity index (χ0v) is 17.6. The monoisotopic (exact) mass is 410 g/mol. The molecule has 0 spiro atoms. The fraction of sp³-hybridized carbons (Fsp3) is 0.417. The van der Waals surface area contributed by atoms with Gasteiger partial charge in [0.1, 0.15) is 18.4 Å². The van der Waals surface area contributed by atoms with Gasteiger partial charge in [-0.15, -0.1) is 0 Å². The lowest BCUT2D eigenvalue weighted by Gasteiger charge is -2.23. The highest BCUT2D eigenvalue weighted by Crippen LogP contribution is 2.21. The van der Waals surface area contributed by atoms with Crippen LogP contribution in [0.3, 0.4) is 0 Å². The lowest BCUT2D eigenvalue weighted by molar-refractivity contribution is -0.119. The van der Waals surface area contributed by atoms with Gasteiger partial charge in [0.25, 0.3) is 5.91 Å². The van der Waals surface area contributed by atoms with E-state index < -0.39 is 6.04 Å². The molecule has 1 aliphatic rings. The van der Waals surface area contributed by atoms with Crippen LogP contribution in [0.1, 0.15) is 43.5 Å². The van der Waals surface area contributed by atoms with Crippen molar-refractivity contribution in [1.82, 2.24) is 5.32 Å². The maximum Gasteiger partial charge on any atom is 0.251 e. The predicted molar refractivity (Wildman–Crippen MR) is 117 cm³/mol. The van der Waals surface area contributed by atoms with Crippen molar-refractivity contribution >= 4 is 17.5 Å². The largest absolute Gasteiger partial charge is 0.491 e. The molecule has 0 radical (unpaired) electrons. The van der Waals surface area contributed by atoms with Crippen molar-refractivity contribution < 1.29 is 19.1 Å². The molecule has 3 rings (SSSR count). The quantitative estimate of drug-likeness (QED) is 0.654.